The maximum Gasteiger partial charge on any atom is 0.0898 e. The molecule has 1 heterocycles. The third kappa shape index (κ3) is 2.58. The Kier molecular flexibility index (Phi) is 3.17. The van der Waals surface area contributed by atoms with Gasteiger partial charge in [-0.3, -0.25) is 0 Å². The van der Waals surface area contributed by atoms with Gasteiger partial charge in [-0.2, -0.15) is 0 Å². The van der Waals surface area contributed by atoms with Crippen LogP contribution in [0.1, 0.15) is 6.92 Å². The van der Waals surface area contributed by atoms with Gasteiger partial charge in [-0.1, -0.05) is 6.08 Å². The SMILES string of the molecule is C=CCN1C=CN(CC(C)O)C1. The normalized spacial score (nSPS) is 18.5. The van der Waals surface area contributed by atoms with Crippen LogP contribution in [-0.4, -0.2) is 40.8 Å². The third-order valence-electron chi connectivity index (χ3n) is 1.71. The van der Waals surface area contributed by atoms with Gasteiger partial charge in [0.05, 0.1) is 12.8 Å². The van der Waals surface area contributed by atoms with Crippen LogP contribution in [0.25, 0.3) is 0 Å². The van der Waals surface area contributed by atoms with Crippen molar-refractivity contribution in [3.63, 3.8) is 0 Å². The lowest BCUT2D eigenvalue weighted by Gasteiger charge is -2.21. The average molecular weight is 168 g/mol. The quantitative estimate of drug-likeness (QED) is 0.623. The van der Waals surface area contributed by atoms with Gasteiger partial charge in [-0.15, -0.1) is 6.58 Å². The Morgan fingerprint density at radius 3 is 2.83 bits per heavy atom. The highest BCUT2D eigenvalue weighted by Gasteiger charge is 2.11. The maximum absolute atomic E-state index is 9.11. The van der Waals surface area contributed by atoms with E-state index in [1.807, 2.05) is 18.5 Å². The number of aliphatic hydroxyl groups excluding tert-OH is 1. The molecular weight excluding hydrogens is 152 g/mol. The molecule has 0 spiro atoms. The van der Waals surface area contributed by atoms with Crippen molar-refractivity contribution in [1.82, 2.24) is 9.80 Å². The summed E-state index contributed by atoms with van der Waals surface area (Å²) in [4.78, 5) is 4.21. The summed E-state index contributed by atoms with van der Waals surface area (Å²) in [5.41, 5.74) is 0. The molecule has 3 nitrogen and oxygen atoms in total. The molecule has 1 aliphatic rings. The summed E-state index contributed by atoms with van der Waals surface area (Å²) in [6, 6.07) is 0. The van der Waals surface area contributed by atoms with Crippen LogP contribution in [0.5, 0.6) is 0 Å². The highest BCUT2D eigenvalue weighted by atomic mass is 16.3. The molecule has 0 aliphatic carbocycles. The van der Waals surface area contributed by atoms with Gasteiger partial charge < -0.3 is 14.9 Å². The Labute approximate surface area is 73.6 Å². The van der Waals surface area contributed by atoms with Crippen molar-refractivity contribution in [3.8, 4) is 0 Å². The van der Waals surface area contributed by atoms with E-state index in [0.29, 0.717) is 6.54 Å². The number of hydrogen-bond acceptors (Lipinski definition) is 3. The van der Waals surface area contributed by atoms with E-state index in [4.69, 9.17) is 5.11 Å². The molecule has 0 radical (unpaired) electrons. The summed E-state index contributed by atoms with van der Waals surface area (Å²) in [6.45, 7) is 7.89. The van der Waals surface area contributed by atoms with Crippen LogP contribution in [0.3, 0.4) is 0 Å². The van der Waals surface area contributed by atoms with E-state index >= 15 is 0 Å². The van der Waals surface area contributed by atoms with Gasteiger partial charge in [0, 0.05) is 25.5 Å². The summed E-state index contributed by atoms with van der Waals surface area (Å²) in [5, 5.41) is 9.11. The fraction of sp³-hybridized carbons (Fsp3) is 0.556. The Balaban J connectivity index is 2.27. The van der Waals surface area contributed by atoms with Crippen LogP contribution in [0.2, 0.25) is 0 Å². The van der Waals surface area contributed by atoms with E-state index in [9.17, 15) is 0 Å². The first-order valence-corrected chi connectivity index (χ1v) is 4.17. The molecule has 0 amide bonds. The number of β-amino-alcohol motifs (C(OH)–C–C–N with tert-alkyl or cyclic N) is 1. The molecule has 1 atom stereocenters. The molecule has 0 saturated heterocycles. The Bertz CT molecular complexity index is 177. The van der Waals surface area contributed by atoms with Gasteiger partial charge in [-0.25, -0.2) is 0 Å². The van der Waals surface area contributed by atoms with Gasteiger partial charge >= 0.3 is 0 Å². The standard InChI is InChI=1S/C9H16N2O/c1-3-4-10-5-6-11(8-10)7-9(2)12/h3,5-6,9,12H,1,4,7-8H2,2H3. The fourth-order valence-electron chi connectivity index (χ4n) is 1.26. The lowest BCUT2D eigenvalue weighted by atomic mass is 10.4. The van der Waals surface area contributed by atoms with Crippen molar-refractivity contribution in [2.75, 3.05) is 19.8 Å². The van der Waals surface area contributed by atoms with Crippen LogP contribution in [-0.2, 0) is 0 Å². The van der Waals surface area contributed by atoms with Gasteiger partial charge in [0.25, 0.3) is 0 Å². The average Bonchev–Trinajstić information content (AvgIpc) is 2.36. The first-order chi connectivity index (χ1) is 5.72. The summed E-state index contributed by atoms with van der Waals surface area (Å²) < 4.78 is 0. The topological polar surface area (TPSA) is 26.7 Å². The molecule has 1 N–H and O–H groups in total. The fourth-order valence-corrected chi connectivity index (χ4v) is 1.26. The molecule has 1 rings (SSSR count). The first-order valence-electron chi connectivity index (χ1n) is 4.17. The second-order valence-electron chi connectivity index (χ2n) is 3.12. The van der Waals surface area contributed by atoms with Gasteiger partial charge in [-0.05, 0) is 6.92 Å². The molecule has 1 unspecified atom stereocenters. The summed E-state index contributed by atoms with van der Waals surface area (Å²) >= 11 is 0. The molecule has 0 aromatic heterocycles. The second-order valence-corrected chi connectivity index (χ2v) is 3.12. The summed E-state index contributed by atoms with van der Waals surface area (Å²) in [7, 11) is 0. The molecule has 0 fully saturated rings. The Morgan fingerprint density at radius 1 is 1.58 bits per heavy atom. The highest BCUT2D eigenvalue weighted by Crippen LogP contribution is 2.06. The molecule has 0 saturated carbocycles. The van der Waals surface area contributed by atoms with E-state index < -0.39 is 0 Å². The number of hydrogen-bond donors (Lipinski definition) is 1. The van der Waals surface area contributed by atoms with E-state index in [1.54, 1.807) is 6.92 Å². The van der Waals surface area contributed by atoms with Gasteiger partial charge in [0.1, 0.15) is 0 Å². The molecule has 0 aromatic rings. The number of aliphatic hydroxyl groups is 1. The van der Waals surface area contributed by atoms with Crippen molar-refractivity contribution < 1.29 is 5.11 Å². The molecule has 0 aromatic carbocycles. The monoisotopic (exact) mass is 168 g/mol. The highest BCUT2D eigenvalue weighted by molar-refractivity contribution is 4.93. The predicted molar refractivity (Wildman–Crippen MR) is 49.3 cm³/mol. The predicted octanol–water partition coefficient (Wildman–Crippen LogP) is 0.599. The first kappa shape index (κ1) is 9.13. The van der Waals surface area contributed by atoms with Crippen LogP contribution >= 0.6 is 0 Å². The lowest BCUT2D eigenvalue weighted by Crippen LogP contribution is -2.30. The third-order valence-corrected chi connectivity index (χ3v) is 1.71. The van der Waals surface area contributed by atoms with Gasteiger partial charge in [0.2, 0.25) is 0 Å². The minimum absolute atomic E-state index is 0.265. The van der Waals surface area contributed by atoms with Crippen LogP contribution in [0, 0.1) is 0 Å². The van der Waals surface area contributed by atoms with E-state index in [-0.39, 0.29) is 6.10 Å². The zero-order valence-corrected chi connectivity index (χ0v) is 7.48. The van der Waals surface area contributed by atoms with Crippen LogP contribution < -0.4 is 0 Å². The van der Waals surface area contributed by atoms with E-state index in [0.717, 1.165) is 13.2 Å². The molecule has 12 heavy (non-hydrogen) atoms. The second kappa shape index (κ2) is 4.16. The zero-order valence-electron chi connectivity index (χ0n) is 7.48. The van der Waals surface area contributed by atoms with E-state index in [2.05, 4.69) is 16.4 Å². The van der Waals surface area contributed by atoms with Crippen LogP contribution in [0.15, 0.2) is 25.1 Å². The summed E-state index contributed by atoms with van der Waals surface area (Å²) in [6.07, 6.45) is 5.62. The minimum atomic E-state index is -0.265. The molecule has 68 valence electrons. The van der Waals surface area contributed by atoms with Crippen molar-refractivity contribution in [2.24, 2.45) is 0 Å². The summed E-state index contributed by atoms with van der Waals surface area (Å²) in [5.74, 6) is 0. The van der Waals surface area contributed by atoms with Crippen molar-refractivity contribution >= 4 is 0 Å². The minimum Gasteiger partial charge on any atom is -0.392 e. The van der Waals surface area contributed by atoms with E-state index in [1.165, 1.54) is 0 Å². The largest absolute Gasteiger partial charge is 0.392 e. The smallest absolute Gasteiger partial charge is 0.0898 e. The Morgan fingerprint density at radius 2 is 2.25 bits per heavy atom. The Hall–Kier alpha value is -0.960. The maximum atomic E-state index is 9.11. The van der Waals surface area contributed by atoms with Crippen molar-refractivity contribution in [2.45, 2.75) is 13.0 Å². The number of rotatable bonds is 4. The molecular formula is C9H16N2O. The molecule has 1 aliphatic heterocycles. The molecule has 3 heteroatoms. The van der Waals surface area contributed by atoms with Gasteiger partial charge in [0.15, 0.2) is 0 Å². The van der Waals surface area contributed by atoms with Crippen molar-refractivity contribution in [3.05, 3.63) is 25.1 Å². The zero-order chi connectivity index (χ0) is 8.97. The lowest BCUT2D eigenvalue weighted by molar-refractivity contribution is 0.140. The number of nitrogens with zero attached hydrogens (tertiary/aromatic N) is 2. The van der Waals surface area contributed by atoms with Crippen molar-refractivity contribution in [1.29, 1.82) is 0 Å². The molecule has 0 bridgehead atoms. The van der Waals surface area contributed by atoms with Crippen LogP contribution in [0.4, 0.5) is 0 Å².